The predicted molar refractivity (Wildman–Crippen MR) is 128 cm³/mol. The Hall–Kier alpha value is -3.34. The summed E-state index contributed by atoms with van der Waals surface area (Å²) >= 11 is 12.4. The molecule has 10 nitrogen and oxygen atoms in total. The van der Waals surface area contributed by atoms with Crippen LogP contribution >= 0.6 is 23.2 Å². The van der Waals surface area contributed by atoms with Crippen molar-refractivity contribution in [1.82, 2.24) is 14.9 Å². The maximum Gasteiger partial charge on any atom is 0.311 e. The molecule has 0 unspecified atom stereocenters. The molecule has 1 aromatic carbocycles. The van der Waals surface area contributed by atoms with Gasteiger partial charge in [0.15, 0.2) is 0 Å². The molecule has 0 radical (unpaired) electrons. The molecule has 33 heavy (non-hydrogen) atoms. The van der Waals surface area contributed by atoms with Crippen LogP contribution in [-0.4, -0.2) is 45.2 Å². The van der Waals surface area contributed by atoms with E-state index in [1.165, 1.54) is 12.1 Å². The first kappa shape index (κ1) is 24.3. The number of carbonyl (C=O) groups excluding carboxylic acids is 1. The van der Waals surface area contributed by atoms with Crippen molar-refractivity contribution in [1.29, 1.82) is 0 Å². The molecule has 2 heterocycles. The third kappa shape index (κ3) is 6.13. The van der Waals surface area contributed by atoms with Gasteiger partial charge in [-0.1, -0.05) is 29.3 Å². The molecule has 0 aliphatic carbocycles. The van der Waals surface area contributed by atoms with Gasteiger partial charge in [-0.3, -0.25) is 14.9 Å². The molecule has 0 saturated heterocycles. The number of benzene rings is 1. The molecule has 3 aromatic rings. The lowest BCUT2D eigenvalue weighted by Gasteiger charge is -2.07. The van der Waals surface area contributed by atoms with Crippen molar-refractivity contribution in [2.45, 2.75) is 13.0 Å². The van der Waals surface area contributed by atoms with E-state index >= 15 is 0 Å². The maximum absolute atomic E-state index is 12.6. The van der Waals surface area contributed by atoms with E-state index in [2.05, 4.69) is 15.6 Å². The van der Waals surface area contributed by atoms with Crippen LogP contribution in [0.4, 0.5) is 17.3 Å². The number of nitrogens with two attached hydrogens (primary N) is 1. The molecule has 0 atom stereocenters. The minimum Gasteiger partial charge on any atom is -0.395 e. The SMILES string of the molecule is Nc1nc(NCCCn2cc(C(=O)NCCO)c(-c3ccc(Cl)cc3Cl)c2)ccc1[N+](=O)[O-]. The highest BCUT2D eigenvalue weighted by atomic mass is 35.5. The van der Waals surface area contributed by atoms with Crippen molar-refractivity contribution >= 4 is 46.4 Å². The fraction of sp³-hybridized carbons (Fsp3) is 0.238. The summed E-state index contributed by atoms with van der Waals surface area (Å²) in [7, 11) is 0. The first-order valence-corrected chi connectivity index (χ1v) is 10.7. The molecule has 2 aromatic heterocycles. The Bertz CT molecular complexity index is 1170. The Labute approximate surface area is 199 Å². The van der Waals surface area contributed by atoms with E-state index in [1.54, 1.807) is 24.4 Å². The Kier molecular flexibility index (Phi) is 8.10. The van der Waals surface area contributed by atoms with E-state index in [0.717, 1.165) is 0 Å². The molecular weight excluding hydrogens is 471 g/mol. The molecule has 3 rings (SSSR count). The summed E-state index contributed by atoms with van der Waals surface area (Å²) < 4.78 is 1.87. The third-order valence-corrected chi connectivity index (χ3v) is 5.29. The van der Waals surface area contributed by atoms with Gasteiger partial charge >= 0.3 is 5.69 Å². The van der Waals surface area contributed by atoms with Gasteiger partial charge in [0, 0.05) is 59.3 Å². The van der Waals surface area contributed by atoms with E-state index in [-0.39, 0.29) is 30.6 Å². The minimum absolute atomic E-state index is 0.132. The van der Waals surface area contributed by atoms with Crippen LogP contribution in [0, 0.1) is 10.1 Å². The molecule has 0 spiro atoms. The second-order valence-corrected chi connectivity index (χ2v) is 7.91. The summed E-state index contributed by atoms with van der Waals surface area (Å²) in [6, 6.07) is 7.85. The molecule has 5 N–H and O–H groups in total. The van der Waals surface area contributed by atoms with Crippen LogP contribution in [0.5, 0.6) is 0 Å². The topological polar surface area (TPSA) is 148 Å². The monoisotopic (exact) mass is 492 g/mol. The van der Waals surface area contributed by atoms with Gasteiger partial charge in [-0.25, -0.2) is 4.98 Å². The van der Waals surface area contributed by atoms with Crippen LogP contribution < -0.4 is 16.4 Å². The van der Waals surface area contributed by atoms with Gasteiger partial charge in [0.1, 0.15) is 5.82 Å². The molecule has 12 heteroatoms. The van der Waals surface area contributed by atoms with Gasteiger partial charge < -0.3 is 26.0 Å². The number of rotatable bonds is 10. The lowest BCUT2D eigenvalue weighted by atomic mass is 10.0. The van der Waals surface area contributed by atoms with Crippen LogP contribution in [0.1, 0.15) is 16.8 Å². The molecule has 0 bridgehead atoms. The number of pyridine rings is 1. The summed E-state index contributed by atoms with van der Waals surface area (Å²) in [6.45, 7) is 1.05. The first-order chi connectivity index (χ1) is 15.8. The number of halogens is 2. The van der Waals surface area contributed by atoms with Gasteiger partial charge in [-0.2, -0.15) is 0 Å². The maximum atomic E-state index is 12.6. The highest BCUT2D eigenvalue weighted by Gasteiger charge is 2.18. The fourth-order valence-corrected chi connectivity index (χ4v) is 3.71. The van der Waals surface area contributed by atoms with E-state index in [0.29, 0.717) is 52.1 Å². The zero-order valence-electron chi connectivity index (χ0n) is 17.4. The number of hydrogen-bond acceptors (Lipinski definition) is 7. The van der Waals surface area contributed by atoms with Crippen LogP contribution in [0.3, 0.4) is 0 Å². The molecule has 0 aliphatic rings. The van der Waals surface area contributed by atoms with Gasteiger partial charge in [-0.15, -0.1) is 0 Å². The Morgan fingerprint density at radius 2 is 1.97 bits per heavy atom. The highest BCUT2D eigenvalue weighted by Crippen LogP contribution is 2.33. The zero-order valence-corrected chi connectivity index (χ0v) is 18.9. The second kappa shape index (κ2) is 11.0. The number of aliphatic hydroxyl groups is 1. The number of nitrogen functional groups attached to an aromatic ring is 1. The standard InChI is InChI=1S/C21H22Cl2N6O4/c22-13-2-3-14(17(23)10-13)15-11-28(12-16(15)21(31)26-7-9-30)8-1-6-25-19-5-4-18(29(32)33)20(24)27-19/h2-5,10-12,30H,1,6-9H2,(H,26,31)(H3,24,25,27). The Balaban J connectivity index is 1.71. The number of aliphatic hydroxyl groups excluding tert-OH is 1. The van der Waals surface area contributed by atoms with Crippen LogP contribution in [0.25, 0.3) is 11.1 Å². The molecule has 0 aliphatic heterocycles. The molecule has 0 fully saturated rings. The van der Waals surface area contributed by atoms with Crippen molar-refractivity contribution < 1.29 is 14.8 Å². The van der Waals surface area contributed by atoms with Crippen molar-refractivity contribution in [3.05, 3.63) is 68.4 Å². The Morgan fingerprint density at radius 3 is 2.64 bits per heavy atom. The average molecular weight is 493 g/mol. The van der Waals surface area contributed by atoms with Gasteiger partial charge in [0.2, 0.25) is 5.82 Å². The molecule has 0 saturated carbocycles. The quantitative estimate of drug-likeness (QED) is 0.192. The van der Waals surface area contributed by atoms with Gasteiger partial charge in [0.25, 0.3) is 5.91 Å². The summed E-state index contributed by atoms with van der Waals surface area (Å²) in [4.78, 5) is 26.9. The van der Waals surface area contributed by atoms with Crippen LogP contribution in [0.2, 0.25) is 10.0 Å². The van der Waals surface area contributed by atoms with E-state index in [9.17, 15) is 14.9 Å². The third-order valence-electron chi connectivity index (χ3n) is 4.74. The second-order valence-electron chi connectivity index (χ2n) is 7.07. The largest absolute Gasteiger partial charge is 0.395 e. The molecule has 174 valence electrons. The highest BCUT2D eigenvalue weighted by molar-refractivity contribution is 6.36. The number of anilines is 2. The Morgan fingerprint density at radius 1 is 1.18 bits per heavy atom. The summed E-state index contributed by atoms with van der Waals surface area (Å²) in [5, 5.41) is 26.5. The predicted octanol–water partition coefficient (Wildman–Crippen LogP) is 3.57. The summed E-state index contributed by atoms with van der Waals surface area (Å²) in [6.07, 6.45) is 4.21. The van der Waals surface area contributed by atoms with Crippen LogP contribution in [-0.2, 0) is 6.54 Å². The lowest BCUT2D eigenvalue weighted by molar-refractivity contribution is -0.384. The van der Waals surface area contributed by atoms with Crippen molar-refractivity contribution in [2.75, 3.05) is 30.7 Å². The summed E-state index contributed by atoms with van der Waals surface area (Å²) in [5.74, 6) is -0.0470. The van der Waals surface area contributed by atoms with E-state index in [4.69, 9.17) is 34.0 Å². The van der Waals surface area contributed by atoms with Gasteiger partial charge in [-0.05, 0) is 24.6 Å². The lowest BCUT2D eigenvalue weighted by Crippen LogP contribution is -2.26. The number of carbonyl (C=O) groups is 1. The number of nitrogens with one attached hydrogen (secondary N) is 2. The summed E-state index contributed by atoms with van der Waals surface area (Å²) in [5.41, 5.74) is 7.09. The number of aromatic nitrogens is 2. The number of nitrogens with zero attached hydrogens (tertiary/aromatic N) is 3. The molecular formula is C21H22Cl2N6O4. The number of amides is 1. The normalized spacial score (nSPS) is 10.8. The zero-order chi connectivity index (χ0) is 24.0. The van der Waals surface area contributed by atoms with Crippen molar-refractivity contribution in [2.24, 2.45) is 0 Å². The van der Waals surface area contributed by atoms with E-state index in [1.807, 2.05) is 10.8 Å². The fourth-order valence-electron chi connectivity index (χ4n) is 3.20. The van der Waals surface area contributed by atoms with Crippen molar-refractivity contribution in [3.63, 3.8) is 0 Å². The van der Waals surface area contributed by atoms with Gasteiger partial charge in [0.05, 0.1) is 17.1 Å². The van der Waals surface area contributed by atoms with Crippen LogP contribution in [0.15, 0.2) is 42.7 Å². The number of nitro groups is 1. The van der Waals surface area contributed by atoms with Crippen molar-refractivity contribution in [3.8, 4) is 11.1 Å². The number of aryl methyl sites for hydroxylation is 1. The molecule has 1 amide bonds. The number of hydrogen-bond donors (Lipinski definition) is 4. The smallest absolute Gasteiger partial charge is 0.311 e. The van der Waals surface area contributed by atoms with E-state index < -0.39 is 4.92 Å². The average Bonchev–Trinajstić information content (AvgIpc) is 3.19. The first-order valence-electron chi connectivity index (χ1n) is 9.99. The minimum atomic E-state index is -0.586.